The molecule has 1 aromatic rings. The average molecular weight is 254 g/mol. The van der Waals surface area contributed by atoms with E-state index >= 15 is 0 Å². The Balaban J connectivity index is 2.56. The Labute approximate surface area is 103 Å². The van der Waals surface area contributed by atoms with Crippen LogP contribution in [0.2, 0.25) is 0 Å². The van der Waals surface area contributed by atoms with Crippen LogP contribution in [-0.2, 0) is 9.09 Å². The highest BCUT2D eigenvalue weighted by Gasteiger charge is 2.17. The number of hydrogen-bond acceptors (Lipinski definition) is 3. The summed E-state index contributed by atoms with van der Waals surface area (Å²) >= 11 is 0. The molecule has 0 aliphatic rings. The molecule has 0 aliphatic carbocycles. The Bertz CT molecular complexity index is 423. The predicted octanol–water partition coefficient (Wildman–Crippen LogP) is 3.51. The lowest BCUT2D eigenvalue weighted by atomic mass is 10.1. The van der Waals surface area contributed by atoms with Crippen LogP contribution in [0.15, 0.2) is 24.3 Å². The summed E-state index contributed by atoms with van der Waals surface area (Å²) in [4.78, 5) is 11.8. The zero-order chi connectivity index (χ0) is 12.9. The number of carbonyl (C=O) groups excluding carboxylic acids is 1. The molecule has 1 rings (SSSR count). The minimum absolute atomic E-state index is 0.0202. The first-order valence-electron chi connectivity index (χ1n) is 5.75. The highest BCUT2D eigenvalue weighted by Crippen LogP contribution is 2.42. The van der Waals surface area contributed by atoms with Crippen LogP contribution in [-0.4, -0.2) is 25.2 Å². The number of Topliss-reactive ketones (excluding diaryl/α,β-unsaturated/α-hetero) is 1. The largest absolute Gasteiger partial charge is 0.329 e. The van der Waals surface area contributed by atoms with Crippen LogP contribution < -0.4 is 0 Å². The molecular weight excluding hydrogens is 235 g/mol. The molecule has 1 atom stereocenters. The standard InChI is InChI=1S/C13H19O3P/c1-4-16-17(3,15)10-9-13(14)12-7-5-11(2)6-8-12/h5-8H,4,9-10H2,1-3H3. The fraction of sp³-hybridized carbons (Fsp3) is 0.462. The van der Waals surface area contributed by atoms with Crippen molar-refractivity contribution < 1.29 is 13.9 Å². The quantitative estimate of drug-likeness (QED) is 0.576. The van der Waals surface area contributed by atoms with Crippen molar-refractivity contribution in [3.8, 4) is 0 Å². The summed E-state index contributed by atoms with van der Waals surface area (Å²) < 4.78 is 17.0. The molecule has 17 heavy (non-hydrogen) atoms. The van der Waals surface area contributed by atoms with Gasteiger partial charge in [-0.25, -0.2) is 0 Å². The molecule has 0 saturated carbocycles. The van der Waals surface area contributed by atoms with Crippen molar-refractivity contribution in [3.63, 3.8) is 0 Å². The highest BCUT2D eigenvalue weighted by atomic mass is 31.2. The normalized spacial score (nSPS) is 14.3. The lowest BCUT2D eigenvalue weighted by molar-refractivity contribution is 0.0987. The van der Waals surface area contributed by atoms with Crippen molar-refractivity contribution in [2.45, 2.75) is 20.3 Å². The Kier molecular flexibility index (Phi) is 5.10. The Morgan fingerprint density at radius 3 is 2.41 bits per heavy atom. The van der Waals surface area contributed by atoms with E-state index in [-0.39, 0.29) is 12.2 Å². The van der Waals surface area contributed by atoms with Crippen molar-refractivity contribution in [2.24, 2.45) is 0 Å². The molecule has 0 aliphatic heterocycles. The number of aryl methyl sites for hydroxylation is 1. The lowest BCUT2D eigenvalue weighted by Gasteiger charge is -2.11. The van der Waals surface area contributed by atoms with E-state index in [1.54, 1.807) is 25.7 Å². The first-order chi connectivity index (χ1) is 7.94. The highest BCUT2D eigenvalue weighted by molar-refractivity contribution is 7.58. The summed E-state index contributed by atoms with van der Waals surface area (Å²) in [7, 11) is -2.60. The van der Waals surface area contributed by atoms with Crippen LogP contribution in [0, 0.1) is 6.92 Å². The van der Waals surface area contributed by atoms with Crippen LogP contribution in [0.25, 0.3) is 0 Å². The van der Waals surface area contributed by atoms with E-state index in [1.165, 1.54) is 0 Å². The summed E-state index contributed by atoms with van der Waals surface area (Å²) in [6, 6.07) is 7.42. The molecule has 0 heterocycles. The van der Waals surface area contributed by atoms with Crippen molar-refractivity contribution in [2.75, 3.05) is 19.4 Å². The van der Waals surface area contributed by atoms with E-state index in [4.69, 9.17) is 4.52 Å². The molecule has 0 spiro atoms. The molecule has 1 unspecified atom stereocenters. The Hall–Kier alpha value is -0.920. The zero-order valence-corrected chi connectivity index (χ0v) is 11.5. The molecule has 0 bridgehead atoms. The molecule has 4 heteroatoms. The maximum atomic E-state index is 11.8. The van der Waals surface area contributed by atoms with Crippen LogP contribution in [0.3, 0.4) is 0 Å². The second kappa shape index (κ2) is 6.13. The van der Waals surface area contributed by atoms with Gasteiger partial charge < -0.3 is 4.52 Å². The predicted molar refractivity (Wildman–Crippen MR) is 70.2 cm³/mol. The summed E-state index contributed by atoms with van der Waals surface area (Å²) in [5, 5.41) is 0. The van der Waals surface area contributed by atoms with E-state index < -0.39 is 7.37 Å². The summed E-state index contributed by atoms with van der Waals surface area (Å²) in [5.74, 6) is 0.0202. The van der Waals surface area contributed by atoms with Gasteiger partial charge in [0.2, 0.25) is 7.37 Å². The maximum Gasteiger partial charge on any atom is 0.200 e. The third-order valence-corrected chi connectivity index (χ3v) is 4.36. The van der Waals surface area contributed by atoms with Gasteiger partial charge in [0.1, 0.15) is 0 Å². The third-order valence-electron chi connectivity index (χ3n) is 2.52. The number of carbonyl (C=O) groups is 1. The Morgan fingerprint density at radius 1 is 1.29 bits per heavy atom. The molecule has 0 N–H and O–H groups in total. The van der Waals surface area contributed by atoms with Crippen LogP contribution in [0.5, 0.6) is 0 Å². The summed E-state index contributed by atoms with van der Waals surface area (Å²) in [6.45, 7) is 5.78. The van der Waals surface area contributed by atoms with Gasteiger partial charge in [-0.3, -0.25) is 9.36 Å². The topological polar surface area (TPSA) is 43.4 Å². The van der Waals surface area contributed by atoms with Crippen LogP contribution in [0.1, 0.15) is 29.3 Å². The van der Waals surface area contributed by atoms with Gasteiger partial charge in [0.05, 0.1) is 6.61 Å². The van der Waals surface area contributed by atoms with Crippen molar-refractivity contribution in [3.05, 3.63) is 35.4 Å². The smallest absolute Gasteiger partial charge is 0.200 e. The van der Waals surface area contributed by atoms with Gasteiger partial charge in [0.15, 0.2) is 5.78 Å². The van der Waals surface area contributed by atoms with Crippen molar-refractivity contribution in [1.29, 1.82) is 0 Å². The van der Waals surface area contributed by atoms with Gasteiger partial charge in [-0.2, -0.15) is 0 Å². The van der Waals surface area contributed by atoms with Gasteiger partial charge >= 0.3 is 0 Å². The SMILES string of the molecule is CCOP(C)(=O)CCC(=O)c1ccc(C)cc1. The minimum atomic E-state index is -2.60. The molecule has 94 valence electrons. The molecule has 3 nitrogen and oxygen atoms in total. The molecule has 0 aromatic heterocycles. The van der Waals surface area contributed by atoms with Crippen LogP contribution in [0.4, 0.5) is 0 Å². The fourth-order valence-corrected chi connectivity index (χ4v) is 2.81. The number of ketones is 1. The minimum Gasteiger partial charge on any atom is -0.329 e. The van der Waals surface area contributed by atoms with Gasteiger partial charge in [0, 0.05) is 24.8 Å². The second-order valence-electron chi connectivity index (χ2n) is 4.19. The zero-order valence-electron chi connectivity index (χ0n) is 10.6. The monoisotopic (exact) mass is 254 g/mol. The molecule has 0 fully saturated rings. The van der Waals surface area contributed by atoms with E-state index in [0.717, 1.165) is 5.56 Å². The van der Waals surface area contributed by atoms with E-state index in [1.807, 2.05) is 19.1 Å². The van der Waals surface area contributed by atoms with E-state index in [2.05, 4.69) is 0 Å². The molecular formula is C13H19O3P. The van der Waals surface area contributed by atoms with Gasteiger partial charge in [-0.15, -0.1) is 0 Å². The number of rotatable bonds is 6. The fourth-order valence-electron chi connectivity index (χ4n) is 1.53. The average Bonchev–Trinajstić information content (AvgIpc) is 2.27. The molecule has 0 saturated heterocycles. The number of benzene rings is 1. The maximum absolute atomic E-state index is 11.8. The molecule has 1 aromatic carbocycles. The van der Waals surface area contributed by atoms with Gasteiger partial charge in [0.25, 0.3) is 0 Å². The second-order valence-corrected chi connectivity index (χ2v) is 6.93. The first-order valence-corrected chi connectivity index (χ1v) is 8.01. The van der Waals surface area contributed by atoms with Crippen LogP contribution >= 0.6 is 7.37 Å². The number of hydrogen-bond donors (Lipinski definition) is 0. The summed E-state index contributed by atoms with van der Waals surface area (Å²) in [5.41, 5.74) is 1.80. The lowest BCUT2D eigenvalue weighted by Crippen LogP contribution is -2.04. The van der Waals surface area contributed by atoms with E-state index in [0.29, 0.717) is 18.3 Å². The van der Waals surface area contributed by atoms with Crippen molar-refractivity contribution in [1.82, 2.24) is 0 Å². The first kappa shape index (κ1) is 14.1. The van der Waals surface area contributed by atoms with E-state index in [9.17, 15) is 9.36 Å². The van der Waals surface area contributed by atoms with Gasteiger partial charge in [-0.1, -0.05) is 29.8 Å². The Morgan fingerprint density at radius 2 is 1.88 bits per heavy atom. The van der Waals surface area contributed by atoms with Gasteiger partial charge in [-0.05, 0) is 13.8 Å². The third kappa shape index (κ3) is 4.84. The summed E-state index contributed by atoms with van der Waals surface area (Å²) in [6.07, 6.45) is 0.588. The molecule has 0 amide bonds. The van der Waals surface area contributed by atoms with Crippen molar-refractivity contribution >= 4 is 13.2 Å². The molecule has 0 radical (unpaired) electrons.